The molecule has 5 aromatic rings. The molecular weight excluding hydrogens is 494 g/mol. The van der Waals surface area contributed by atoms with Crippen molar-refractivity contribution in [3.8, 4) is 21.7 Å². The summed E-state index contributed by atoms with van der Waals surface area (Å²) in [6.07, 6.45) is 1.54. The molecule has 0 bridgehead atoms. The van der Waals surface area contributed by atoms with Gasteiger partial charge in [0.1, 0.15) is 11.6 Å². The average Bonchev–Trinajstić information content (AvgIpc) is 3.59. The lowest BCUT2D eigenvalue weighted by Gasteiger charge is -2.10. The Morgan fingerprint density at radius 2 is 1.78 bits per heavy atom. The van der Waals surface area contributed by atoms with Gasteiger partial charge in [-0.3, -0.25) is 4.79 Å². The van der Waals surface area contributed by atoms with Gasteiger partial charge in [-0.05, 0) is 53.4 Å². The minimum atomic E-state index is -3.58. The molecule has 0 radical (unpaired) electrons. The molecule has 0 aliphatic heterocycles. The fourth-order valence-electron chi connectivity index (χ4n) is 3.65. The predicted octanol–water partition coefficient (Wildman–Crippen LogP) is 4.94. The Hall–Kier alpha value is -4.28. The highest BCUT2D eigenvalue weighted by molar-refractivity contribution is 7.90. The highest BCUT2D eigenvalue weighted by Gasteiger charge is 2.17. The van der Waals surface area contributed by atoms with Crippen LogP contribution in [0.4, 0.5) is 11.4 Å². The van der Waals surface area contributed by atoms with E-state index in [1.54, 1.807) is 66.1 Å². The van der Waals surface area contributed by atoms with Crippen molar-refractivity contribution in [2.24, 2.45) is 0 Å². The molecule has 0 aliphatic rings. The second-order valence-electron chi connectivity index (χ2n) is 8.01. The number of sulfone groups is 1. The molecule has 10 heteroatoms. The Bertz CT molecular complexity index is 1630. The van der Waals surface area contributed by atoms with Crippen LogP contribution in [0.3, 0.4) is 0 Å². The third-order valence-electron chi connectivity index (χ3n) is 5.47. The quantitative estimate of drug-likeness (QED) is 0.296. The second kappa shape index (κ2) is 9.76. The number of carbonyl (C=O) groups excluding carboxylic acids is 1. The highest BCUT2D eigenvalue weighted by Crippen LogP contribution is 2.30. The Morgan fingerprint density at radius 3 is 2.56 bits per heavy atom. The van der Waals surface area contributed by atoms with Crippen LogP contribution >= 0.6 is 11.3 Å². The molecule has 0 spiro atoms. The molecule has 0 saturated heterocycles. The van der Waals surface area contributed by atoms with Crippen molar-refractivity contribution in [1.82, 2.24) is 15.0 Å². The van der Waals surface area contributed by atoms with Crippen molar-refractivity contribution in [2.75, 3.05) is 11.1 Å². The summed E-state index contributed by atoms with van der Waals surface area (Å²) >= 11 is 1.60. The number of benzene rings is 3. The number of thiophene rings is 1. The van der Waals surface area contributed by atoms with E-state index in [4.69, 9.17) is 5.73 Å². The second-order valence-corrected chi connectivity index (χ2v) is 10.9. The van der Waals surface area contributed by atoms with Gasteiger partial charge in [0.15, 0.2) is 9.84 Å². The van der Waals surface area contributed by atoms with E-state index in [2.05, 4.69) is 15.6 Å². The number of nitrogens with one attached hydrogen (secondary N) is 1. The van der Waals surface area contributed by atoms with Gasteiger partial charge >= 0.3 is 0 Å². The maximum Gasteiger partial charge on any atom is 0.255 e. The van der Waals surface area contributed by atoms with E-state index in [0.29, 0.717) is 28.2 Å². The van der Waals surface area contributed by atoms with E-state index >= 15 is 0 Å². The zero-order valence-electron chi connectivity index (χ0n) is 18.9. The number of aromatic nitrogens is 3. The van der Waals surface area contributed by atoms with Crippen LogP contribution in [-0.2, 0) is 15.7 Å². The first-order valence-corrected chi connectivity index (χ1v) is 13.5. The maximum absolute atomic E-state index is 13.0. The molecule has 0 aliphatic carbocycles. The number of amides is 1. The van der Waals surface area contributed by atoms with E-state index < -0.39 is 9.84 Å². The van der Waals surface area contributed by atoms with Gasteiger partial charge in [0, 0.05) is 16.0 Å². The molecule has 2 aromatic heterocycles. The van der Waals surface area contributed by atoms with Gasteiger partial charge in [-0.15, -0.1) is 16.4 Å². The number of anilines is 2. The third-order valence-corrected chi connectivity index (χ3v) is 7.98. The van der Waals surface area contributed by atoms with E-state index in [1.165, 1.54) is 16.8 Å². The molecule has 3 N–H and O–H groups in total. The fraction of sp³-hybridized carbons (Fsp3) is 0.0385. The molecule has 8 nitrogen and oxygen atoms in total. The minimum Gasteiger partial charge on any atom is -0.397 e. The van der Waals surface area contributed by atoms with Crippen molar-refractivity contribution in [3.05, 3.63) is 102 Å². The zero-order chi connectivity index (χ0) is 25.1. The van der Waals surface area contributed by atoms with Gasteiger partial charge in [-0.25, -0.2) is 13.1 Å². The van der Waals surface area contributed by atoms with E-state index in [-0.39, 0.29) is 16.7 Å². The summed E-state index contributed by atoms with van der Waals surface area (Å²) in [6, 6.07) is 24.5. The van der Waals surface area contributed by atoms with Crippen LogP contribution in [0, 0.1) is 0 Å². The summed E-state index contributed by atoms with van der Waals surface area (Å²) in [5.74, 6) is -0.671. The van der Waals surface area contributed by atoms with Crippen LogP contribution in [0.1, 0.15) is 10.4 Å². The topological polar surface area (TPSA) is 120 Å². The lowest BCUT2D eigenvalue weighted by molar-refractivity contribution is 0.102. The minimum absolute atomic E-state index is 0.211. The number of hydrogen-bond donors (Lipinski definition) is 2. The van der Waals surface area contributed by atoms with E-state index in [1.807, 2.05) is 29.6 Å². The van der Waals surface area contributed by atoms with Crippen LogP contribution in [0.15, 0.2) is 101 Å². The fourth-order valence-corrected chi connectivity index (χ4v) is 5.56. The van der Waals surface area contributed by atoms with Crippen molar-refractivity contribution in [1.29, 1.82) is 0 Å². The number of rotatable bonds is 7. The Labute approximate surface area is 212 Å². The average molecular weight is 516 g/mol. The van der Waals surface area contributed by atoms with Crippen molar-refractivity contribution < 1.29 is 13.2 Å². The standard InChI is InChI=1S/C26H21N5O3S2/c27-22-12-11-19(25-10-5-13-35-25)15-23(22)28-26(32)20-7-4-6-18(14-20)24-16-31(30-29-24)17-36(33,34)21-8-2-1-3-9-21/h1-16H,17,27H2,(H,28,32). The summed E-state index contributed by atoms with van der Waals surface area (Å²) < 4.78 is 26.5. The van der Waals surface area contributed by atoms with Crippen LogP contribution < -0.4 is 11.1 Å². The SMILES string of the molecule is Nc1ccc(-c2cccs2)cc1NC(=O)c1cccc(-c2cn(CS(=O)(=O)c3ccccc3)nn2)c1. The van der Waals surface area contributed by atoms with Crippen molar-refractivity contribution in [3.63, 3.8) is 0 Å². The molecule has 2 heterocycles. The number of hydrogen-bond acceptors (Lipinski definition) is 7. The number of nitrogen functional groups attached to an aromatic ring is 1. The summed E-state index contributed by atoms with van der Waals surface area (Å²) in [7, 11) is -3.58. The number of carbonyl (C=O) groups is 1. The first-order chi connectivity index (χ1) is 17.4. The van der Waals surface area contributed by atoms with E-state index in [9.17, 15) is 13.2 Å². The van der Waals surface area contributed by atoms with Crippen LogP contribution in [0.5, 0.6) is 0 Å². The van der Waals surface area contributed by atoms with E-state index in [0.717, 1.165) is 10.4 Å². The third kappa shape index (κ3) is 5.04. The van der Waals surface area contributed by atoms with Crippen LogP contribution in [0.2, 0.25) is 0 Å². The molecule has 0 atom stereocenters. The molecule has 1 amide bonds. The van der Waals surface area contributed by atoms with Gasteiger partial charge in [-0.1, -0.05) is 47.7 Å². The number of nitrogens with two attached hydrogens (primary N) is 1. The molecule has 0 fully saturated rings. The molecule has 0 unspecified atom stereocenters. The largest absolute Gasteiger partial charge is 0.397 e. The van der Waals surface area contributed by atoms with Crippen LogP contribution in [0.25, 0.3) is 21.7 Å². The Balaban J connectivity index is 1.34. The van der Waals surface area contributed by atoms with Gasteiger partial charge in [0.2, 0.25) is 0 Å². The first-order valence-electron chi connectivity index (χ1n) is 10.9. The predicted molar refractivity (Wildman–Crippen MR) is 141 cm³/mol. The van der Waals surface area contributed by atoms with Crippen molar-refractivity contribution >= 4 is 38.5 Å². The summed E-state index contributed by atoms with van der Waals surface area (Å²) in [5.41, 5.74) is 9.53. The van der Waals surface area contributed by atoms with Crippen LogP contribution in [-0.4, -0.2) is 29.3 Å². The lowest BCUT2D eigenvalue weighted by atomic mass is 10.1. The normalized spacial score (nSPS) is 11.3. The Morgan fingerprint density at radius 1 is 0.944 bits per heavy atom. The molecule has 0 saturated carbocycles. The summed E-state index contributed by atoms with van der Waals surface area (Å²) in [6.45, 7) is 0. The molecule has 180 valence electrons. The molecule has 3 aromatic carbocycles. The molecular formula is C26H21N5O3S2. The Kier molecular flexibility index (Phi) is 6.36. The number of nitrogens with zero attached hydrogens (tertiary/aromatic N) is 3. The molecule has 36 heavy (non-hydrogen) atoms. The first kappa shape index (κ1) is 23.5. The molecule has 5 rings (SSSR count). The zero-order valence-corrected chi connectivity index (χ0v) is 20.5. The monoisotopic (exact) mass is 515 g/mol. The van der Waals surface area contributed by atoms with Gasteiger partial charge < -0.3 is 11.1 Å². The van der Waals surface area contributed by atoms with Gasteiger partial charge in [-0.2, -0.15) is 0 Å². The highest BCUT2D eigenvalue weighted by atomic mass is 32.2. The smallest absolute Gasteiger partial charge is 0.255 e. The summed E-state index contributed by atoms with van der Waals surface area (Å²) in [5, 5.41) is 12.9. The maximum atomic E-state index is 13.0. The lowest BCUT2D eigenvalue weighted by Crippen LogP contribution is -2.13. The van der Waals surface area contributed by atoms with Gasteiger partial charge in [0.05, 0.1) is 22.5 Å². The van der Waals surface area contributed by atoms with Gasteiger partial charge in [0.25, 0.3) is 5.91 Å². The summed E-state index contributed by atoms with van der Waals surface area (Å²) in [4.78, 5) is 14.3. The van der Waals surface area contributed by atoms with Crippen molar-refractivity contribution in [2.45, 2.75) is 10.8 Å².